The quantitative estimate of drug-likeness (QED) is 0.877. The molecule has 0 atom stereocenters. The fourth-order valence-corrected chi connectivity index (χ4v) is 2.64. The third-order valence-corrected chi connectivity index (χ3v) is 3.99. The van der Waals surface area contributed by atoms with Crippen LogP contribution >= 0.6 is 0 Å². The summed E-state index contributed by atoms with van der Waals surface area (Å²) in [5.41, 5.74) is 0.306. The van der Waals surface area contributed by atoms with E-state index in [9.17, 15) is 9.59 Å². The zero-order valence-corrected chi connectivity index (χ0v) is 14.5. The van der Waals surface area contributed by atoms with Gasteiger partial charge in [-0.05, 0) is 30.2 Å². The second-order valence-corrected chi connectivity index (χ2v) is 6.26. The summed E-state index contributed by atoms with van der Waals surface area (Å²) in [7, 11) is 1.61. The molecule has 0 aliphatic carbocycles. The summed E-state index contributed by atoms with van der Waals surface area (Å²) in [5.74, 6) is 1.00. The Balaban J connectivity index is 1.87. The van der Waals surface area contributed by atoms with E-state index in [1.54, 1.807) is 7.11 Å². The van der Waals surface area contributed by atoms with E-state index in [2.05, 4.69) is 15.5 Å². The first-order valence-corrected chi connectivity index (χ1v) is 8.18. The molecule has 3 rings (SSSR count). The number of carbonyl (C=O) groups excluding carboxylic acids is 1. The van der Waals surface area contributed by atoms with E-state index in [4.69, 9.17) is 4.74 Å². The maximum atomic E-state index is 12.6. The minimum Gasteiger partial charge on any atom is -0.497 e. The number of aromatic nitrogens is 3. The zero-order chi connectivity index (χ0) is 18.0. The molecule has 1 aromatic heterocycles. The second kappa shape index (κ2) is 6.92. The highest BCUT2D eigenvalue weighted by Crippen LogP contribution is 2.28. The first-order chi connectivity index (χ1) is 12.0. The van der Waals surface area contributed by atoms with Gasteiger partial charge in [-0.3, -0.25) is 14.2 Å². The average molecular weight is 343 g/mol. The lowest BCUT2D eigenvalue weighted by Gasteiger charge is -2.17. The second-order valence-electron chi connectivity index (χ2n) is 6.26. The number of rotatable bonds is 5. The number of hydrogen-bond donors (Lipinski definition) is 1. The lowest BCUT2D eigenvalue weighted by atomic mass is 10.2. The Hall–Kier alpha value is -2.90. The van der Waals surface area contributed by atoms with E-state index < -0.39 is 11.5 Å². The lowest BCUT2D eigenvalue weighted by Crippen LogP contribution is -2.36. The molecule has 8 nitrogen and oxygen atoms in total. The fourth-order valence-electron chi connectivity index (χ4n) is 2.64. The number of methoxy groups -OCH3 is 1. The maximum Gasteiger partial charge on any atom is 0.286 e. The summed E-state index contributed by atoms with van der Waals surface area (Å²) in [6, 6.07) is 7.47. The molecule has 1 aromatic carbocycles. The minimum absolute atomic E-state index is 0.166. The topological polar surface area (TPSA) is 89.3 Å². The molecule has 1 aliphatic heterocycles. The van der Waals surface area contributed by atoms with Gasteiger partial charge in [0, 0.05) is 25.3 Å². The van der Waals surface area contributed by atoms with Crippen LogP contribution in [0.1, 0.15) is 24.3 Å². The van der Waals surface area contributed by atoms with Gasteiger partial charge in [0.1, 0.15) is 5.75 Å². The van der Waals surface area contributed by atoms with Crippen molar-refractivity contribution in [1.82, 2.24) is 20.1 Å². The molecule has 0 fully saturated rings. The van der Waals surface area contributed by atoms with Gasteiger partial charge in [-0.1, -0.05) is 13.8 Å². The Labute approximate surface area is 145 Å². The summed E-state index contributed by atoms with van der Waals surface area (Å²) in [6.07, 6.45) is 0. The van der Waals surface area contributed by atoms with Gasteiger partial charge in [-0.25, -0.2) is 0 Å². The molecule has 1 aliphatic rings. The highest BCUT2D eigenvalue weighted by Gasteiger charge is 2.27. The number of anilines is 2. The molecular weight excluding hydrogens is 322 g/mol. The summed E-state index contributed by atoms with van der Waals surface area (Å²) in [6.45, 7) is 5.50. The van der Waals surface area contributed by atoms with Gasteiger partial charge in [0.05, 0.1) is 7.11 Å². The van der Waals surface area contributed by atoms with E-state index in [1.807, 2.05) is 43.0 Å². The maximum absolute atomic E-state index is 12.6. The van der Waals surface area contributed by atoms with Crippen LogP contribution in [0.25, 0.3) is 0 Å². The van der Waals surface area contributed by atoms with E-state index in [0.717, 1.165) is 11.4 Å². The molecule has 0 radical (unpaired) electrons. The van der Waals surface area contributed by atoms with Crippen LogP contribution in [-0.4, -0.2) is 40.9 Å². The van der Waals surface area contributed by atoms with Crippen molar-refractivity contribution in [3.05, 3.63) is 40.3 Å². The first-order valence-electron chi connectivity index (χ1n) is 8.18. The number of ether oxygens (including phenoxy) is 1. The van der Waals surface area contributed by atoms with Crippen molar-refractivity contribution >= 4 is 17.5 Å². The van der Waals surface area contributed by atoms with E-state index in [0.29, 0.717) is 31.5 Å². The largest absolute Gasteiger partial charge is 0.497 e. The van der Waals surface area contributed by atoms with Gasteiger partial charge < -0.3 is 15.0 Å². The number of hydrogen-bond acceptors (Lipinski definition) is 6. The lowest BCUT2D eigenvalue weighted by molar-refractivity contribution is 0.0940. The van der Waals surface area contributed by atoms with Gasteiger partial charge in [-0.15, -0.1) is 10.2 Å². The van der Waals surface area contributed by atoms with Crippen molar-refractivity contribution in [2.45, 2.75) is 20.4 Å². The Bertz CT molecular complexity index is 829. The number of benzene rings is 1. The van der Waals surface area contributed by atoms with Crippen molar-refractivity contribution in [1.29, 1.82) is 0 Å². The molecule has 0 unspecified atom stereocenters. The van der Waals surface area contributed by atoms with E-state index >= 15 is 0 Å². The third-order valence-electron chi connectivity index (χ3n) is 3.99. The molecule has 0 saturated carbocycles. The zero-order valence-electron chi connectivity index (χ0n) is 14.5. The van der Waals surface area contributed by atoms with Crippen molar-refractivity contribution in [3.63, 3.8) is 0 Å². The predicted molar refractivity (Wildman–Crippen MR) is 93.5 cm³/mol. The molecule has 2 aromatic rings. The normalized spacial score (nSPS) is 13.0. The average Bonchev–Trinajstić information content (AvgIpc) is 3.05. The molecular formula is C17H21N5O3. The van der Waals surface area contributed by atoms with Crippen molar-refractivity contribution in [2.75, 3.05) is 25.1 Å². The van der Waals surface area contributed by atoms with Gasteiger partial charge in [0.2, 0.25) is 11.6 Å². The molecule has 0 saturated heterocycles. The smallest absolute Gasteiger partial charge is 0.286 e. The van der Waals surface area contributed by atoms with E-state index in [1.165, 1.54) is 4.57 Å². The fraction of sp³-hybridized carbons (Fsp3) is 0.412. The van der Waals surface area contributed by atoms with Crippen LogP contribution in [0, 0.1) is 5.92 Å². The first kappa shape index (κ1) is 16.9. The molecule has 0 spiro atoms. The standard InChI is InChI=1S/C17H21N5O3/c1-11(2)10-18-15(23)14-16(24)22-9-8-21(17(22)20-19-14)12-4-6-13(25-3)7-5-12/h4-7,11H,8-10H2,1-3H3,(H,18,23). The van der Waals surface area contributed by atoms with E-state index in [-0.39, 0.29) is 5.69 Å². The highest BCUT2D eigenvalue weighted by atomic mass is 16.5. The number of nitrogens with one attached hydrogen (secondary N) is 1. The van der Waals surface area contributed by atoms with Crippen LogP contribution in [-0.2, 0) is 6.54 Å². The summed E-state index contributed by atoms with van der Waals surface area (Å²) >= 11 is 0. The summed E-state index contributed by atoms with van der Waals surface area (Å²) in [5, 5.41) is 10.7. The Morgan fingerprint density at radius 3 is 2.60 bits per heavy atom. The minimum atomic E-state index is -0.482. The van der Waals surface area contributed by atoms with Crippen molar-refractivity contribution in [2.24, 2.45) is 5.92 Å². The van der Waals surface area contributed by atoms with Crippen molar-refractivity contribution in [3.8, 4) is 5.75 Å². The third kappa shape index (κ3) is 3.33. The van der Waals surface area contributed by atoms with Crippen molar-refractivity contribution < 1.29 is 9.53 Å². The Morgan fingerprint density at radius 2 is 1.96 bits per heavy atom. The number of fused-ring (bicyclic) bond motifs is 1. The molecule has 1 amide bonds. The van der Waals surface area contributed by atoms with Crippen LogP contribution in [0.15, 0.2) is 29.1 Å². The Kier molecular flexibility index (Phi) is 4.69. The molecule has 0 bridgehead atoms. The van der Waals surface area contributed by atoms with Crippen LogP contribution in [0.4, 0.5) is 11.6 Å². The molecule has 1 N–H and O–H groups in total. The summed E-state index contributed by atoms with van der Waals surface area (Å²) < 4.78 is 6.64. The van der Waals surface area contributed by atoms with Gasteiger partial charge in [0.15, 0.2) is 0 Å². The van der Waals surface area contributed by atoms with Gasteiger partial charge in [-0.2, -0.15) is 0 Å². The summed E-state index contributed by atoms with van der Waals surface area (Å²) in [4.78, 5) is 26.6. The van der Waals surface area contributed by atoms with Crippen LogP contribution in [0.3, 0.4) is 0 Å². The van der Waals surface area contributed by atoms with Gasteiger partial charge in [0.25, 0.3) is 11.5 Å². The monoisotopic (exact) mass is 343 g/mol. The van der Waals surface area contributed by atoms with Crippen LogP contribution in [0.2, 0.25) is 0 Å². The van der Waals surface area contributed by atoms with Crippen LogP contribution < -0.4 is 20.5 Å². The number of amides is 1. The van der Waals surface area contributed by atoms with Gasteiger partial charge >= 0.3 is 0 Å². The highest BCUT2D eigenvalue weighted by molar-refractivity contribution is 5.91. The Morgan fingerprint density at radius 1 is 1.24 bits per heavy atom. The molecule has 2 heterocycles. The molecule has 132 valence electrons. The SMILES string of the molecule is COc1ccc(N2CCn3c2nnc(C(=O)NCC(C)C)c3=O)cc1. The molecule has 8 heteroatoms. The number of nitrogens with zero attached hydrogens (tertiary/aromatic N) is 4. The van der Waals surface area contributed by atoms with Crippen LogP contribution in [0.5, 0.6) is 5.75 Å². The molecule has 25 heavy (non-hydrogen) atoms. The predicted octanol–water partition coefficient (Wildman–Crippen LogP) is 1.18. The number of carbonyl (C=O) groups is 1.